The molecule has 0 bridgehead atoms. The fourth-order valence-electron chi connectivity index (χ4n) is 5.78. The number of likely N-dealkylation sites (tertiary alicyclic amines) is 1. The Balaban J connectivity index is 0.000000365. The van der Waals surface area contributed by atoms with E-state index in [1.54, 1.807) is 27.1 Å². The molecule has 1 aliphatic heterocycles. The normalized spacial score (nSPS) is 16.4. The fourth-order valence-corrected chi connectivity index (χ4v) is 6.55. The number of phosphoric acid groups is 1. The summed E-state index contributed by atoms with van der Waals surface area (Å²) in [7, 11) is -2.66. The van der Waals surface area contributed by atoms with Gasteiger partial charge in [0.25, 0.3) is 0 Å². The SMILES string of the molecule is COP(=O)(O)OC(C)(C)C.Cc1c(-c2[nH]c3ccc(C4CCN(CC(N)=O)CC4)cc3c2C(C)C)cn2ncnc2c1C. The van der Waals surface area contributed by atoms with Crippen LogP contribution >= 0.6 is 7.82 Å². The van der Waals surface area contributed by atoms with E-state index in [9.17, 15) is 9.36 Å². The van der Waals surface area contributed by atoms with Gasteiger partial charge >= 0.3 is 7.82 Å². The summed E-state index contributed by atoms with van der Waals surface area (Å²) in [6.07, 6.45) is 5.81. The molecule has 1 atom stereocenters. The summed E-state index contributed by atoms with van der Waals surface area (Å²) in [5.41, 5.74) is 14.3. The van der Waals surface area contributed by atoms with Crippen molar-refractivity contribution in [2.45, 2.75) is 78.7 Å². The molecule has 234 valence electrons. The van der Waals surface area contributed by atoms with Crippen molar-refractivity contribution >= 4 is 30.3 Å². The Morgan fingerprint density at radius 1 is 1.21 bits per heavy atom. The largest absolute Gasteiger partial charge is 0.472 e. The number of hydrogen-bond acceptors (Lipinski definition) is 7. The molecule has 1 saturated heterocycles. The molecule has 0 saturated carbocycles. The van der Waals surface area contributed by atoms with Crippen molar-refractivity contribution in [3.63, 3.8) is 0 Å². The standard InChI is InChI=1S/C26H32N6O.C5H13O4P/c1-15(2)24-20-11-19(18-7-9-31(10-8-18)13-23(27)33)5-6-22(20)30-25(24)21-12-32-26(28-14-29-32)17(4)16(21)3;1-5(2,3)9-10(6,7)8-4/h5-6,11-12,14-15,18,30H,7-10,13H2,1-4H3,(H2,27,33);1-4H3,(H,6,7). The molecule has 1 amide bonds. The Bertz CT molecular complexity index is 1650. The van der Waals surface area contributed by atoms with Gasteiger partial charge in [0, 0.05) is 29.8 Å². The molecule has 1 aliphatic rings. The van der Waals surface area contributed by atoms with Crippen LogP contribution < -0.4 is 5.73 Å². The smallest absolute Gasteiger partial charge is 0.369 e. The molecule has 43 heavy (non-hydrogen) atoms. The van der Waals surface area contributed by atoms with Gasteiger partial charge in [0.2, 0.25) is 5.91 Å². The Morgan fingerprint density at radius 2 is 1.88 bits per heavy atom. The second-order valence-corrected chi connectivity index (χ2v) is 14.1. The van der Waals surface area contributed by atoms with Gasteiger partial charge in [0.05, 0.1) is 17.8 Å². The first-order valence-corrected chi connectivity index (χ1v) is 16.1. The predicted molar refractivity (Wildman–Crippen MR) is 169 cm³/mol. The van der Waals surface area contributed by atoms with Gasteiger partial charge in [-0.3, -0.25) is 18.7 Å². The summed E-state index contributed by atoms with van der Waals surface area (Å²) in [6.45, 7) is 16.0. The van der Waals surface area contributed by atoms with Crippen LogP contribution in [-0.2, 0) is 18.4 Å². The molecular weight excluding hydrogens is 567 g/mol. The van der Waals surface area contributed by atoms with Gasteiger partial charge in [0.1, 0.15) is 6.33 Å². The third-order valence-electron chi connectivity index (χ3n) is 7.89. The zero-order valence-electron chi connectivity index (χ0n) is 26.5. The first-order valence-electron chi connectivity index (χ1n) is 14.7. The Labute approximate surface area is 253 Å². The molecule has 1 fully saturated rings. The maximum Gasteiger partial charge on any atom is 0.472 e. The topological polar surface area (TPSA) is 148 Å². The number of aromatic nitrogens is 4. The van der Waals surface area contributed by atoms with Crippen LogP contribution in [0.1, 0.15) is 81.5 Å². The van der Waals surface area contributed by atoms with Crippen LogP contribution in [-0.4, -0.2) is 67.6 Å². The Hall–Kier alpha value is -3.08. The van der Waals surface area contributed by atoms with Crippen LogP contribution in [0.5, 0.6) is 0 Å². The van der Waals surface area contributed by atoms with E-state index >= 15 is 0 Å². The maximum atomic E-state index is 11.3. The number of aromatic amines is 1. The molecule has 1 aromatic carbocycles. The van der Waals surface area contributed by atoms with Gasteiger partial charge in [0.15, 0.2) is 5.65 Å². The van der Waals surface area contributed by atoms with E-state index in [4.69, 9.17) is 10.6 Å². The highest BCUT2D eigenvalue weighted by Crippen LogP contribution is 2.46. The monoisotopic (exact) mass is 612 g/mol. The minimum atomic E-state index is -3.79. The maximum absolute atomic E-state index is 11.3. The first kappa shape index (κ1) is 32.8. The number of carbonyl (C=O) groups excluding carboxylic acids is 1. The number of nitrogens with two attached hydrogens (primary N) is 1. The summed E-state index contributed by atoms with van der Waals surface area (Å²) in [4.78, 5) is 30.3. The molecule has 11 nitrogen and oxygen atoms in total. The van der Waals surface area contributed by atoms with Crippen LogP contribution in [0.25, 0.3) is 27.8 Å². The number of fused-ring (bicyclic) bond motifs is 2. The number of piperidine rings is 1. The number of phosphoric ester groups is 1. The van der Waals surface area contributed by atoms with Crippen LogP contribution in [0, 0.1) is 13.8 Å². The Morgan fingerprint density at radius 3 is 2.44 bits per heavy atom. The van der Waals surface area contributed by atoms with Gasteiger partial charge in [-0.15, -0.1) is 0 Å². The van der Waals surface area contributed by atoms with E-state index in [0.29, 0.717) is 18.4 Å². The highest BCUT2D eigenvalue weighted by atomic mass is 31.2. The second-order valence-electron chi connectivity index (χ2n) is 12.6. The van der Waals surface area contributed by atoms with Crippen molar-refractivity contribution in [1.82, 2.24) is 24.5 Å². The molecular formula is C31H45N6O5P. The van der Waals surface area contributed by atoms with E-state index in [-0.39, 0.29) is 5.91 Å². The average molecular weight is 613 g/mol. The van der Waals surface area contributed by atoms with Crippen molar-refractivity contribution < 1.29 is 23.3 Å². The van der Waals surface area contributed by atoms with E-state index in [1.165, 1.54) is 38.9 Å². The number of carbonyl (C=O) groups is 1. The lowest BCUT2D eigenvalue weighted by atomic mass is 9.87. The second kappa shape index (κ2) is 12.9. The van der Waals surface area contributed by atoms with E-state index in [1.807, 2.05) is 4.52 Å². The number of benzene rings is 1. The number of nitrogens with one attached hydrogen (secondary N) is 1. The molecule has 4 N–H and O–H groups in total. The molecule has 0 radical (unpaired) electrons. The van der Waals surface area contributed by atoms with Crippen LogP contribution in [0.2, 0.25) is 0 Å². The van der Waals surface area contributed by atoms with E-state index in [0.717, 1.165) is 44.3 Å². The molecule has 5 rings (SSSR count). The number of rotatable bonds is 7. The zero-order valence-corrected chi connectivity index (χ0v) is 27.4. The summed E-state index contributed by atoms with van der Waals surface area (Å²) < 4.78 is 21.4. The third-order valence-corrected chi connectivity index (χ3v) is 9.13. The Kier molecular flexibility index (Phi) is 9.83. The minimum absolute atomic E-state index is 0.245. The van der Waals surface area contributed by atoms with Crippen LogP contribution in [0.4, 0.5) is 0 Å². The molecule has 0 aliphatic carbocycles. The summed E-state index contributed by atoms with van der Waals surface area (Å²) in [5.74, 6) is 0.630. The number of H-pyrrole nitrogens is 1. The van der Waals surface area contributed by atoms with Gasteiger partial charge in [-0.05, 0) is 107 Å². The number of pyridine rings is 1. The minimum Gasteiger partial charge on any atom is -0.369 e. The molecule has 0 spiro atoms. The summed E-state index contributed by atoms with van der Waals surface area (Å²) in [6, 6.07) is 6.88. The number of hydrogen-bond donors (Lipinski definition) is 3. The summed E-state index contributed by atoms with van der Waals surface area (Å²) >= 11 is 0. The fraction of sp³-hybridized carbons (Fsp3) is 0.516. The molecule has 4 heterocycles. The number of primary amides is 1. The quantitative estimate of drug-likeness (QED) is 0.221. The van der Waals surface area contributed by atoms with Crippen LogP contribution in [0.15, 0.2) is 30.7 Å². The lowest BCUT2D eigenvalue weighted by Crippen LogP contribution is -2.39. The zero-order chi connectivity index (χ0) is 31.7. The number of amides is 1. The van der Waals surface area contributed by atoms with E-state index < -0.39 is 13.4 Å². The van der Waals surface area contributed by atoms with Gasteiger partial charge in [-0.25, -0.2) is 14.1 Å². The predicted octanol–water partition coefficient (Wildman–Crippen LogP) is 5.83. The van der Waals surface area contributed by atoms with Crippen molar-refractivity contribution in [3.05, 3.63) is 53.0 Å². The first-order chi connectivity index (χ1) is 20.1. The van der Waals surface area contributed by atoms with Crippen molar-refractivity contribution in [3.8, 4) is 11.3 Å². The molecule has 12 heteroatoms. The van der Waals surface area contributed by atoms with Gasteiger partial charge in [-0.2, -0.15) is 5.10 Å². The van der Waals surface area contributed by atoms with Crippen molar-refractivity contribution in [2.24, 2.45) is 5.73 Å². The van der Waals surface area contributed by atoms with E-state index in [2.05, 4.69) is 81.1 Å². The van der Waals surface area contributed by atoms with Gasteiger partial charge < -0.3 is 15.6 Å². The highest BCUT2D eigenvalue weighted by Gasteiger charge is 2.27. The lowest BCUT2D eigenvalue weighted by Gasteiger charge is -2.31. The molecule has 1 unspecified atom stereocenters. The molecule has 4 aromatic rings. The summed E-state index contributed by atoms with van der Waals surface area (Å²) in [5, 5.41) is 5.69. The molecule has 3 aromatic heterocycles. The lowest BCUT2D eigenvalue weighted by molar-refractivity contribution is -0.119. The van der Waals surface area contributed by atoms with Crippen LogP contribution in [0.3, 0.4) is 0 Å². The average Bonchev–Trinajstić information content (AvgIpc) is 3.54. The number of aryl methyl sites for hydroxylation is 1. The number of nitrogens with zero attached hydrogens (tertiary/aromatic N) is 4. The van der Waals surface area contributed by atoms with Gasteiger partial charge in [-0.1, -0.05) is 19.9 Å². The highest BCUT2D eigenvalue weighted by molar-refractivity contribution is 7.47. The van der Waals surface area contributed by atoms with Crippen molar-refractivity contribution in [1.29, 1.82) is 0 Å². The van der Waals surface area contributed by atoms with Crippen molar-refractivity contribution in [2.75, 3.05) is 26.7 Å². The third kappa shape index (κ3) is 7.72.